The third kappa shape index (κ3) is 5.72. The second-order valence-electron chi connectivity index (χ2n) is 7.99. The Hall–Kier alpha value is -3.14. The van der Waals surface area contributed by atoms with Crippen molar-refractivity contribution in [1.82, 2.24) is 35.1 Å². The van der Waals surface area contributed by atoms with Crippen molar-refractivity contribution < 1.29 is 4.79 Å². The Bertz CT molecular complexity index is 965. The van der Waals surface area contributed by atoms with Gasteiger partial charge in [0.05, 0.1) is 5.69 Å². The molecule has 164 valence electrons. The molecule has 0 radical (unpaired) electrons. The predicted octanol–water partition coefficient (Wildman–Crippen LogP) is 1.32. The van der Waals surface area contributed by atoms with E-state index in [9.17, 15) is 4.79 Å². The Morgan fingerprint density at radius 1 is 1.13 bits per heavy atom. The number of rotatable bonds is 7. The first-order chi connectivity index (χ1) is 15.0. The molecule has 2 aromatic heterocycles. The highest BCUT2D eigenvalue weighted by Gasteiger charge is 2.22. The van der Waals surface area contributed by atoms with Crippen molar-refractivity contribution in [3.8, 4) is 0 Å². The standard InChI is InChI=1S/C21H29N9O/c1-4-17-25-20(28-21(26-17)30-11-9-29(3)10-12-30)27-19-22-13-15(14(2)23-19)5-8-18(31)24-16-6-7-16/h5,8,13,16H,4,6-7,9-12H2,1-3H3,(H,24,31)(H,22,23,25,26,27,28). The molecule has 0 bridgehead atoms. The van der Waals surface area contributed by atoms with E-state index in [2.05, 4.69) is 52.4 Å². The quantitative estimate of drug-likeness (QED) is 0.637. The van der Waals surface area contributed by atoms with E-state index in [1.54, 1.807) is 12.3 Å². The average molecular weight is 424 g/mol. The van der Waals surface area contributed by atoms with Crippen LogP contribution in [-0.2, 0) is 11.2 Å². The third-order valence-corrected chi connectivity index (χ3v) is 5.35. The van der Waals surface area contributed by atoms with Gasteiger partial charge in [0.1, 0.15) is 5.82 Å². The second kappa shape index (κ2) is 9.34. The van der Waals surface area contributed by atoms with Crippen LogP contribution in [-0.4, -0.2) is 75.0 Å². The first-order valence-corrected chi connectivity index (χ1v) is 10.8. The van der Waals surface area contributed by atoms with Gasteiger partial charge < -0.3 is 15.1 Å². The highest BCUT2D eigenvalue weighted by molar-refractivity contribution is 5.92. The largest absolute Gasteiger partial charge is 0.350 e. The maximum absolute atomic E-state index is 11.8. The molecule has 0 unspecified atom stereocenters. The molecule has 1 saturated heterocycles. The van der Waals surface area contributed by atoms with Crippen molar-refractivity contribution in [3.05, 3.63) is 29.4 Å². The number of likely N-dealkylation sites (N-methyl/N-ethyl adjacent to an activating group) is 1. The van der Waals surface area contributed by atoms with E-state index in [1.807, 2.05) is 13.8 Å². The minimum absolute atomic E-state index is 0.0854. The lowest BCUT2D eigenvalue weighted by Crippen LogP contribution is -2.45. The number of hydrogen-bond donors (Lipinski definition) is 2. The number of anilines is 3. The smallest absolute Gasteiger partial charge is 0.244 e. The predicted molar refractivity (Wildman–Crippen MR) is 119 cm³/mol. The summed E-state index contributed by atoms with van der Waals surface area (Å²) in [6, 6.07) is 0.338. The molecule has 10 nitrogen and oxygen atoms in total. The van der Waals surface area contributed by atoms with Gasteiger partial charge in [0.15, 0.2) is 0 Å². The number of carbonyl (C=O) groups is 1. The molecule has 1 amide bonds. The molecule has 0 spiro atoms. The Morgan fingerprint density at radius 3 is 2.58 bits per heavy atom. The van der Waals surface area contributed by atoms with Crippen LogP contribution in [0.15, 0.2) is 12.3 Å². The van der Waals surface area contributed by atoms with E-state index in [0.29, 0.717) is 30.3 Å². The highest BCUT2D eigenvalue weighted by atomic mass is 16.1. The summed E-state index contributed by atoms with van der Waals surface area (Å²) in [6.45, 7) is 7.62. The van der Waals surface area contributed by atoms with E-state index >= 15 is 0 Å². The molecule has 1 aliphatic carbocycles. The van der Waals surface area contributed by atoms with Gasteiger partial charge >= 0.3 is 0 Å². The van der Waals surface area contributed by atoms with Gasteiger partial charge in [0.2, 0.25) is 23.8 Å². The average Bonchev–Trinajstić information content (AvgIpc) is 3.57. The monoisotopic (exact) mass is 423 g/mol. The maximum atomic E-state index is 11.8. The van der Waals surface area contributed by atoms with Crippen molar-refractivity contribution in [3.63, 3.8) is 0 Å². The second-order valence-corrected chi connectivity index (χ2v) is 7.99. The van der Waals surface area contributed by atoms with Crippen LogP contribution < -0.4 is 15.5 Å². The van der Waals surface area contributed by atoms with Crippen LogP contribution >= 0.6 is 0 Å². The maximum Gasteiger partial charge on any atom is 0.244 e. The molecular weight excluding hydrogens is 394 g/mol. The fourth-order valence-electron chi connectivity index (χ4n) is 3.21. The number of nitrogens with one attached hydrogen (secondary N) is 2. The molecule has 10 heteroatoms. The van der Waals surface area contributed by atoms with Crippen LogP contribution in [0.3, 0.4) is 0 Å². The fraction of sp³-hybridized carbons (Fsp3) is 0.524. The molecule has 31 heavy (non-hydrogen) atoms. The van der Waals surface area contributed by atoms with Gasteiger partial charge in [-0.2, -0.15) is 15.0 Å². The molecule has 1 saturated carbocycles. The molecule has 4 rings (SSSR count). The minimum Gasteiger partial charge on any atom is -0.350 e. The van der Waals surface area contributed by atoms with Crippen LogP contribution in [0.25, 0.3) is 6.08 Å². The molecular formula is C21H29N9O. The van der Waals surface area contributed by atoms with Crippen LogP contribution in [0.2, 0.25) is 0 Å². The van der Waals surface area contributed by atoms with Gasteiger partial charge in [0.25, 0.3) is 0 Å². The van der Waals surface area contributed by atoms with Gasteiger partial charge in [-0.3, -0.25) is 10.1 Å². The number of nitrogens with zero attached hydrogens (tertiary/aromatic N) is 7. The zero-order chi connectivity index (χ0) is 21.8. The summed E-state index contributed by atoms with van der Waals surface area (Å²) in [6.07, 6.45) is 7.80. The van der Waals surface area contributed by atoms with Crippen molar-refractivity contribution in [1.29, 1.82) is 0 Å². The first kappa shape index (κ1) is 21.1. The van der Waals surface area contributed by atoms with Gasteiger partial charge in [-0.15, -0.1) is 0 Å². The summed E-state index contributed by atoms with van der Waals surface area (Å²) < 4.78 is 0. The van der Waals surface area contributed by atoms with Crippen LogP contribution in [0.5, 0.6) is 0 Å². The highest BCUT2D eigenvalue weighted by Crippen LogP contribution is 2.19. The lowest BCUT2D eigenvalue weighted by Gasteiger charge is -2.32. The molecule has 0 atom stereocenters. The molecule has 2 aromatic rings. The van der Waals surface area contributed by atoms with Crippen LogP contribution in [0.4, 0.5) is 17.8 Å². The Labute approximate surface area is 182 Å². The molecule has 3 heterocycles. The van der Waals surface area contributed by atoms with Crippen LogP contribution in [0, 0.1) is 6.92 Å². The topological polar surface area (TPSA) is 112 Å². The zero-order valence-corrected chi connectivity index (χ0v) is 18.3. The van der Waals surface area contributed by atoms with Gasteiger partial charge in [0, 0.05) is 56.5 Å². The van der Waals surface area contributed by atoms with Crippen molar-refractivity contribution >= 4 is 29.8 Å². The van der Waals surface area contributed by atoms with E-state index in [0.717, 1.165) is 56.1 Å². The van der Waals surface area contributed by atoms with Gasteiger partial charge in [-0.25, -0.2) is 9.97 Å². The summed E-state index contributed by atoms with van der Waals surface area (Å²) in [5, 5.41) is 6.03. The lowest BCUT2D eigenvalue weighted by molar-refractivity contribution is -0.116. The Balaban J connectivity index is 1.46. The summed E-state index contributed by atoms with van der Waals surface area (Å²) in [7, 11) is 2.12. The Kier molecular flexibility index (Phi) is 6.36. The number of piperazine rings is 1. The van der Waals surface area contributed by atoms with E-state index < -0.39 is 0 Å². The fourth-order valence-corrected chi connectivity index (χ4v) is 3.21. The minimum atomic E-state index is -0.0854. The van der Waals surface area contributed by atoms with Gasteiger partial charge in [-0.1, -0.05) is 6.92 Å². The normalized spacial score (nSPS) is 17.2. The Morgan fingerprint density at radius 2 is 1.90 bits per heavy atom. The number of aryl methyl sites for hydroxylation is 2. The molecule has 0 aromatic carbocycles. The summed E-state index contributed by atoms with van der Waals surface area (Å²) in [5.74, 6) is 2.17. The number of hydrogen-bond acceptors (Lipinski definition) is 9. The SMILES string of the molecule is CCc1nc(Nc2ncc(C=CC(=O)NC3CC3)c(C)n2)nc(N2CCN(C)CC2)n1. The number of aromatic nitrogens is 5. The first-order valence-electron chi connectivity index (χ1n) is 10.8. The molecule has 1 aliphatic heterocycles. The van der Waals surface area contributed by atoms with Crippen molar-refractivity contribution in [2.75, 3.05) is 43.4 Å². The molecule has 2 fully saturated rings. The summed E-state index contributed by atoms with van der Waals surface area (Å²) >= 11 is 0. The lowest BCUT2D eigenvalue weighted by atomic mass is 10.2. The molecule has 2 N–H and O–H groups in total. The number of amides is 1. The third-order valence-electron chi connectivity index (χ3n) is 5.35. The summed E-state index contributed by atoms with van der Waals surface area (Å²) in [4.78, 5) is 38.9. The van der Waals surface area contributed by atoms with Gasteiger partial charge in [-0.05, 0) is 32.9 Å². The van der Waals surface area contributed by atoms with Crippen molar-refractivity contribution in [2.45, 2.75) is 39.2 Å². The zero-order valence-electron chi connectivity index (χ0n) is 18.3. The number of carbonyl (C=O) groups excluding carboxylic acids is 1. The summed E-state index contributed by atoms with van der Waals surface area (Å²) in [5.41, 5.74) is 1.55. The van der Waals surface area contributed by atoms with E-state index in [-0.39, 0.29) is 5.91 Å². The van der Waals surface area contributed by atoms with E-state index in [4.69, 9.17) is 0 Å². The molecule has 2 aliphatic rings. The van der Waals surface area contributed by atoms with Crippen LogP contribution in [0.1, 0.15) is 36.8 Å². The van der Waals surface area contributed by atoms with Crippen molar-refractivity contribution in [2.24, 2.45) is 0 Å². The van der Waals surface area contributed by atoms with E-state index in [1.165, 1.54) is 6.08 Å².